The summed E-state index contributed by atoms with van der Waals surface area (Å²) in [4.78, 5) is 27.0. The van der Waals surface area contributed by atoms with Gasteiger partial charge in [-0.15, -0.1) is 37.9 Å². The van der Waals surface area contributed by atoms with Gasteiger partial charge >= 0.3 is 0 Å². The number of hydrogen-bond acceptors (Lipinski definition) is 10. The van der Waals surface area contributed by atoms with Crippen molar-refractivity contribution in [1.29, 1.82) is 0 Å². The van der Waals surface area contributed by atoms with Crippen LogP contribution in [0, 0.1) is 0 Å². The number of hydrogen-bond donors (Lipinski definition) is 4. The Bertz CT molecular complexity index is 1460. The van der Waals surface area contributed by atoms with Gasteiger partial charge in [0, 0.05) is 36.1 Å². The smallest absolute Gasteiger partial charge is 0.283 e. The van der Waals surface area contributed by atoms with Gasteiger partial charge < -0.3 is 15.2 Å². The Morgan fingerprint density at radius 1 is 1.09 bits per heavy atom. The highest BCUT2D eigenvalue weighted by atomic mass is 32.2. The number of thiol groups is 3. The minimum absolute atomic E-state index is 0.245. The van der Waals surface area contributed by atoms with Crippen LogP contribution in [0.3, 0.4) is 0 Å². The third-order valence-corrected chi connectivity index (χ3v) is 5.22. The van der Waals surface area contributed by atoms with E-state index in [-0.39, 0.29) is 11.3 Å². The van der Waals surface area contributed by atoms with Gasteiger partial charge in [-0.1, -0.05) is 6.07 Å². The third kappa shape index (κ3) is 5.58. The van der Waals surface area contributed by atoms with Crippen molar-refractivity contribution >= 4 is 61.0 Å². The summed E-state index contributed by atoms with van der Waals surface area (Å²) in [6.07, 6.45) is 1.64. The van der Waals surface area contributed by atoms with Crippen molar-refractivity contribution in [1.82, 2.24) is 14.5 Å². The molecule has 4 aromatic rings. The minimum Gasteiger partial charge on any atom is -0.478 e. The van der Waals surface area contributed by atoms with Crippen molar-refractivity contribution in [2.24, 2.45) is 4.99 Å². The number of nitrogens with zero attached hydrogens (tertiary/aromatic N) is 4. The van der Waals surface area contributed by atoms with Crippen molar-refractivity contribution in [2.75, 3.05) is 19.4 Å². The summed E-state index contributed by atoms with van der Waals surface area (Å²) in [6.45, 7) is 2.30. The molecule has 35 heavy (non-hydrogen) atoms. The summed E-state index contributed by atoms with van der Waals surface area (Å²) in [6, 6.07) is 15.6. The highest BCUT2D eigenvalue weighted by Crippen LogP contribution is 2.30. The lowest BCUT2D eigenvalue weighted by atomic mass is 10.1. The van der Waals surface area contributed by atoms with Crippen LogP contribution in [-0.2, 0) is 0 Å². The Labute approximate surface area is 218 Å². The molecule has 11 heteroatoms. The number of benzene rings is 2. The predicted octanol–water partition coefficient (Wildman–Crippen LogP) is 4.26. The summed E-state index contributed by atoms with van der Waals surface area (Å²) in [5.74, 6) is 0.868. The van der Waals surface area contributed by atoms with E-state index in [1.807, 2.05) is 6.92 Å². The lowest BCUT2D eigenvalue weighted by Crippen LogP contribution is -2.23. The van der Waals surface area contributed by atoms with E-state index in [1.165, 1.54) is 4.57 Å². The zero-order valence-electron chi connectivity index (χ0n) is 18.9. The molecule has 0 radical (unpaired) electrons. The van der Waals surface area contributed by atoms with Crippen LogP contribution < -0.4 is 20.8 Å². The van der Waals surface area contributed by atoms with Crippen molar-refractivity contribution in [3.05, 3.63) is 70.5 Å². The molecule has 0 aliphatic heterocycles. The molecule has 0 spiro atoms. The van der Waals surface area contributed by atoms with Crippen LogP contribution in [0.25, 0.3) is 28.1 Å². The van der Waals surface area contributed by atoms with Crippen LogP contribution in [0.1, 0.15) is 12.5 Å². The molecule has 0 saturated carbocycles. The summed E-state index contributed by atoms with van der Waals surface area (Å²) in [5.41, 5.74) is 9.23. The largest absolute Gasteiger partial charge is 0.478 e. The third-order valence-electron chi connectivity index (χ3n) is 4.95. The Morgan fingerprint density at radius 2 is 1.83 bits per heavy atom. The van der Waals surface area contributed by atoms with Crippen LogP contribution in [0.5, 0.6) is 11.6 Å². The second kappa shape index (κ2) is 10.2. The van der Waals surface area contributed by atoms with Crippen LogP contribution >= 0.6 is 37.9 Å². The van der Waals surface area contributed by atoms with E-state index in [2.05, 4.69) is 52.8 Å². The van der Waals surface area contributed by atoms with Gasteiger partial charge in [-0.05, 0) is 49.4 Å². The van der Waals surface area contributed by atoms with Crippen LogP contribution in [0.2, 0.25) is 0 Å². The minimum atomic E-state index is -1.25. The Balaban J connectivity index is 1.95. The summed E-state index contributed by atoms with van der Waals surface area (Å²) >= 11 is 12.4. The molecule has 8 nitrogen and oxygen atoms in total. The molecule has 0 saturated heterocycles. The number of aliphatic imine (C=N–C) groups is 1. The highest BCUT2D eigenvalue weighted by Gasteiger charge is 2.19. The molecule has 2 N–H and O–H groups in total. The first-order chi connectivity index (χ1) is 16.7. The van der Waals surface area contributed by atoms with E-state index in [0.29, 0.717) is 51.9 Å². The van der Waals surface area contributed by atoms with Crippen LogP contribution in [0.4, 0.5) is 5.69 Å². The lowest BCUT2D eigenvalue weighted by Gasteiger charge is -2.18. The van der Waals surface area contributed by atoms with Crippen molar-refractivity contribution in [2.45, 2.75) is 10.5 Å². The van der Waals surface area contributed by atoms with Crippen molar-refractivity contribution in [3.8, 4) is 28.6 Å². The standard InChI is InChI=1S/C24H23N5O3S3/c1-3-31-20-11-10-19-22(28-20)29(16-5-7-17(8-6-16)32-24(33,34)35)23(30)21(27-19)14-4-9-18(25)15(12-14)13-26-2/h4-13,33-35H,3,25H2,1-2H3. The lowest BCUT2D eigenvalue weighted by molar-refractivity contribution is 0.328. The summed E-state index contributed by atoms with van der Waals surface area (Å²) < 4.78 is 11.3. The molecule has 0 amide bonds. The molecule has 0 aliphatic carbocycles. The molecule has 0 aliphatic rings. The molecule has 180 valence electrons. The maximum Gasteiger partial charge on any atom is 0.283 e. The van der Waals surface area contributed by atoms with Gasteiger partial charge in [0.1, 0.15) is 17.0 Å². The molecule has 2 aromatic heterocycles. The molecule has 4 rings (SSSR count). The van der Waals surface area contributed by atoms with E-state index < -0.39 is 3.60 Å². The number of pyridine rings is 1. The quantitative estimate of drug-likeness (QED) is 0.124. The van der Waals surface area contributed by atoms with E-state index in [9.17, 15) is 4.79 Å². The van der Waals surface area contributed by atoms with Gasteiger partial charge in [0.15, 0.2) is 5.65 Å². The van der Waals surface area contributed by atoms with Gasteiger partial charge in [0.25, 0.3) is 5.56 Å². The maximum absolute atomic E-state index is 13.8. The number of nitrogen functional groups attached to an aromatic ring is 1. The predicted molar refractivity (Wildman–Crippen MR) is 150 cm³/mol. The van der Waals surface area contributed by atoms with E-state index in [1.54, 1.807) is 67.9 Å². The fourth-order valence-electron chi connectivity index (χ4n) is 3.50. The van der Waals surface area contributed by atoms with Crippen molar-refractivity contribution < 1.29 is 9.47 Å². The van der Waals surface area contributed by atoms with Gasteiger partial charge in [-0.3, -0.25) is 14.4 Å². The van der Waals surface area contributed by atoms with E-state index >= 15 is 0 Å². The second-order valence-corrected chi connectivity index (χ2v) is 10.4. The fraction of sp³-hybridized carbons (Fsp3) is 0.167. The monoisotopic (exact) mass is 525 g/mol. The highest BCUT2D eigenvalue weighted by molar-refractivity contribution is 8.16. The van der Waals surface area contributed by atoms with Crippen molar-refractivity contribution in [3.63, 3.8) is 0 Å². The zero-order valence-corrected chi connectivity index (χ0v) is 21.6. The Morgan fingerprint density at radius 3 is 2.49 bits per heavy atom. The zero-order chi connectivity index (χ0) is 25.2. The van der Waals surface area contributed by atoms with Gasteiger partial charge in [0.2, 0.25) is 9.48 Å². The van der Waals surface area contributed by atoms with Gasteiger partial charge in [-0.2, -0.15) is 4.98 Å². The molecular formula is C24H23N5O3S3. The average Bonchev–Trinajstić information content (AvgIpc) is 2.80. The molecule has 0 atom stereocenters. The molecule has 0 unspecified atom stereocenters. The van der Waals surface area contributed by atoms with Gasteiger partial charge in [-0.25, -0.2) is 4.98 Å². The SMILES string of the molecule is CCOc1ccc2nc(-c3ccc(N)c(C=NC)c3)c(=O)n(-c3ccc(OC(S)(S)S)cc3)c2n1. The van der Waals surface area contributed by atoms with Crippen LogP contribution in [0.15, 0.2) is 64.4 Å². The second-order valence-electron chi connectivity index (χ2n) is 7.43. The average molecular weight is 526 g/mol. The fourth-order valence-corrected chi connectivity index (χ4v) is 3.81. The Kier molecular flexibility index (Phi) is 7.29. The first kappa shape index (κ1) is 25.0. The number of rotatable bonds is 7. The van der Waals surface area contributed by atoms with Crippen LogP contribution in [-0.4, -0.2) is 38.0 Å². The molecule has 0 bridgehead atoms. The number of nitrogens with two attached hydrogens (primary N) is 1. The first-order valence-corrected chi connectivity index (χ1v) is 11.9. The van der Waals surface area contributed by atoms with Gasteiger partial charge in [0.05, 0.1) is 12.3 Å². The van der Waals surface area contributed by atoms with E-state index in [0.717, 1.165) is 0 Å². The summed E-state index contributed by atoms with van der Waals surface area (Å²) in [7, 11) is 1.65. The normalized spacial score (nSPS) is 11.8. The number of anilines is 1. The summed E-state index contributed by atoms with van der Waals surface area (Å²) in [5, 5.41) is 0. The first-order valence-electron chi connectivity index (χ1n) is 10.6. The molecule has 2 aromatic carbocycles. The topological polar surface area (TPSA) is 105 Å². The number of fused-ring (bicyclic) bond motifs is 1. The number of ether oxygens (including phenoxy) is 2. The molecule has 0 fully saturated rings. The Hall–Kier alpha value is -3.15. The molecular weight excluding hydrogens is 502 g/mol. The number of aromatic nitrogens is 3. The molecule has 2 heterocycles. The maximum atomic E-state index is 13.8. The van der Waals surface area contributed by atoms with E-state index in [4.69, 9.17) is 15.2 Å².